The monoisotopic (exact) mass is 168 g/mol. The van der Waals surface area contributed by atoms with Crippen LogP contribution in [0.2, 0.25) is 0 Å². The summed E-state index contributed by atoms with van der Waals surface area (Å²) in [5, 5.41) is 6.11. The quantitative estimate of drug-likeness (QED) is 0.632. The Hall–Kier alpha value is -0.900. The molecule has 12 heavy (non-hydrogen) atoms. The van der Waals surface area contributed by atoms with Crippen LogP contribution in [0.5, 0.6) is 0 Å². The number of nitrogens with zero attached hydrogens (tertiary/aromatic N) is 2. The van der Waals surface area contributed by atoms with E-state index in [1.54, 1.807) is 0 Å². The lowest BCUT2D eigenvalue weighted by atomic mass is 10.00. The Morgan fingerprint density at radius 1 is 1.58 bits per heavy atom. The van der Waals surface area contributed by atoms with Crippen molar-refractivity contribution in [2.45, 2.75) is 25.7 Å². The van der Waals surface area contributed by atoms with Crippen molar-refractivity contribution in [1.29, 1.82) is 0 Å². The number of quaternary nitrogens is 1. The lowest BCUT2D eigenvalue weighted by Gasteiger charge is -2.15. The van der Waals surface area contributed by atoms with E-state index < -0.39 is 0 Å². The van der Waals surface area contributed by atoms with Crippen molar-refractivity contribution in [1.82, 2.24) is 10.1 Å². The third-order valence-electron chi connectivity index (χ3n) is 2.30. The zero-order chi connectivity index (χ0) is 8.39. The molecule has 0 aliphatic carbocycles. The van der Waals surface area contributed by atoms with Crippen LogP contribution in [-0.4, -0.2) is 23.2 Å². The van der Waals surface area contributed by atoms with E-state index >= 15 is 0 Å². The number of aromatic nitrogens is 2. The number of hydrogen-bond donors (Lipinski definition) is 1. The van der Waals surface area contributed by atoms with Gasteiger partial charge in [0.1, 0.15) is 0 Å². The maximum Gasteiger partial charge on any atom is 0.235 e. The Bertz CT molecular complexity index is 253. The summed E-state index contributed by atoms with van der Waals surface area (Å²) in [4.78, 5) is 4.24. The van der Waals surface area contributed by atoms with E-state index in [-0.39, 0.29) is 0 Å². The van der Waals surface area contributed by atoms with Crippen LogP contribution in [0.4, 0.5) is 0 Å². The van der Waals surface area contributed by atoms with Gasteiger partial charge in [0.15, 0.2) is 5.82 Å². The average molecular weight is 168 g/mol. The molecule has 4 heteroatoms. The van der Waals surface area contributed by atoms with Gasteiger partial charge in [-0.3, -0.25) is 0 Å². The van der Waals surface area contributed by atoms with Crippen LogP contribution in [-0.2, 0) is 0 Å². The number of piperidine rings is 1. The molecular formula is C8H14N3O+. The lowest BCUT2D eigenvalue weighted by molar-refractivity contribution is -0.665. The molecule has 1 fully saturated rings. The fourth-order valence-corrected chi connectivity index (χ4v) is 1.65. The van der Waals surface area contributed by atoms with Crippen LogP contribution in [0, 0.1) is 6.92 Å². The van der Waals surface area contributed by atoms with E-state index in [1.807, 2.05) is 6.92 Å². The maximum atomic E-state index is 5.12. The maximum absolute atomic E-state index is 5.12. The van der Waals surface area contributed by atoms with Crippen LogP contribution in [0.3, 0.4) is 0 Å². The number of nitrogens with two attached hydrogens (primary N) is 1. The fraction of sp³-hybridized carbons (Fsp3) is 0.750. The topological polar surface area (TPSA) is 55.5 Å². The van der Waals surface area contributed by atoms with Gasteiger partial charge in [-0.1, -0.05) is 5.16 Å². The van der Waals surface area contributed by atoms with Crippen LogP contribution in [0.15, 0.2) is 4.52 Å². The number of rotatable bonds is 1. The zero-order valence-electron chi connectivity index (χ0n) is 7.29. The van der Waals surface area contributed by atoms with Crippen molar-refractivity contribution >= 4 is 0 Å². The molecule has 2 rings (SSSR count). The van der Waals surface area contributed by atoms with E-state index in [4.69, 9.17) is 4.52 Å². The molecule has 4 nitrogen and oxygen atoms in total. The highest BCUT2D eigenvalue weighted by Gasteiger charge is 2.22. The fourth-order valence-electron chi connectivity index (χ4n) is 1.65. The highest BCUT2D eigenvalue weighted by Crippen LogP contribution is 2.18. The minimum Gasteiger partial charge on any atom is -0.346 e. The summed E-state index contributed by atoms with van der Waals surface area (Å²) in [6.07, 6.45) is 2.45. The summed E-state index contributed by atoms with van der Waals surface area (Å²) in [6.45, 7) is 4.20. The summed E-state index contributed by atoms with van der Waals surface area (Å²) >= 11 is 0. The Balaban J connectivity index is 2.08. The Morgan fingerprint density at radius 3 is 3.08 bits per heavy atom. The second-order valence-corrected chi connectivity index (χ2v) is 3.33. The van der Waals surface area contributed by atoms with E-state index in [0.717, 1.165) is 18.3 Å². The first kappa shape index (κ1) is 7.73. The first-order valence-corrected chi connectivity index (χ1v) is 4.48. The predicted octanol–water partition coefficient (Wildman–Crippen LogP) is -0.181. The van der Waals surface area contributed by atoms with Crippen molar-refractivity contribution in [3.8, 4) is 0 Å². The normalized spacial score (nSPS) is 24.2. The smallest absolute Gasteiger partial charge is 0.235 e. The zero-order valence-corrected chi connectivity index (χ0v) is 7.29. The van der Waals surface area contributed by atoms with Crippen molar-refractivity contribution in [2.24, 2.45) is 0 Å². The Morgan fingerprint density at radius 2 is 2.50 bits per heavy atom. The van der Waals surface area contributed by atoms with Gasteiger partial charge in [-0.15, -0.1) is 0 Å². The largest absolute Gasteiger partial charge is 0.346 e. The molecule has 0 radical (unpaired) electrons. The first-order valence-electron chi connectivity index (χ1n) is 4.48. The van der Waals surface area contributed by atoms with Gasteiger partial charge in [0.2, 0.25) is 5.89 Å². The van der Waals surface area contributed by atoms with Gasteiger partial charge in [-0.05, 0) is 19.8 Å². The van der Waals surface area contributed by atoms with Gasteiger partial charge in [-0.25, -0.2) is 0 Å². The molecule has 2 N–H and O–H groups in total. The molecule has 0 spiro atoms. The van der Waals surface area contributed by atoms with E-state index in [1.165, 1.54) is 19.4 Å². The molecule has 0 amide bonds. The molecule has 66 valence electrons. The summed E-state index contributed by atoms with van der Waals surface area (Å²) in [5.74, 6) is 2.05. The van der Waals surface area contributed by atoms with E-state index in [0.29, 0.717) is 5.92 Å². The third-order valence-corrected chi connectivity index (χ3v) is 2.30. The van der Waals surface area contributed by atoms with Crippen LogP contribution in [0.25, 0.3) is 0 Å². The molecule has 0 saturated carbocycles. The van der Waals surface area contributed by atoms with Crippen LogP contribution in [0.1, 0.15) is 30.5 Å². The van der Waals surface area contributed by atoms with Gasteiger partial charge >= 0.3 is 0 Å². The summed E-state index contributed by atoms with van der Waals surface area (Å²) in [7, 11) is 0. The van der Waals surface area contributed by atoms with Crippen molar-refractivity contribution < 1.29 is 9.84 Å². The van der Waals surface area contributed by atoms with Gasteiger partial charge < -0.3 is 9.84 Å². The van der Waals surface area contributed by atoms with E-state index in [9.17, 15) is 0 Å². The highest BCUT2D eigenvalue weighted by molar-refractivity contribution is 4.92. The second-order valence-electron chi connectivity index (χ2n) is 3.33. The molecule has 0 aromatic carbocycles. The van der Waals surface area contributed by atoms with Gasteiger partial charge in [0.05, 0.1) is 19.0 Å². The molecule has 2 heterocycles. The summed E-state index contributed by atoms with van der Waals surface area (Å²) < 4.78 is 5.12. The molecule has 1 aromatic heterocycles. The third kappa shape index (κ3) is 1.48. The number of aryl methyl sites for hydroxylation is 1. The molecule has 1 aliphatic heterocycles. The van der Waals surface area contributed by atoms with Crippen LogP contribution < -0.4 is 5.32 Å². The molecule has 0 unspecified atom stereocenters. The van der Waals surface area contributed by atoms with Gasteiger partial charge in [-0.2, -0.15) is 4.98 Å². The highest BCUT2D eigenvalue weighted by atomic mass is 16.5. The SMILES string of the molecule is Cc1noc([C@@H]2CCC[NH2+]C2)n1. The van der Waals surface area contributed by atoms with E-state index in [2.05, 4.69) is 15.5 Å². The van der Waals surface area contributed by atoms with Crippen molar-refractivity contribution in [3.63, 3.8) is 0 Å². The molecule has 1 saturated heterocycles. The lowest BCUT2D eigenvalue weighted by Crippen LogP contribution is -2.86. The molecule has 0 bridgehead atoms. The molecule has 1 aromatic rings. The van der Waals surface area contributed by atoms with Gasteiger partial charge in [0, 0.05) is 0 Å². The minimum absolute atomic E-state index is 0.486. The van der Waals surface area contributed by atoms with Crippen molar-refractivity contribution in [3.05, 3.63) is 11.7 Å². The first-order chi connectivity index (χ1) is 5.86. The summed E-state index contributed by atoms with van der Waals surface area (Å²) in [5.41, 5.74) is 0. The Labute approximate surface area is 71.4 Å². The van der Waals surface area contributed by atoms with Crippen LogP contribution >= 0.6 is 0 Å². The summed E-state index contributed by atoms with van der Waals surface area (Å²) in [6, 6.07) is 0. The molecular weight excluding hydrogens is 154 g/mol. The second kappa shape index (κ2) is 3.23. The standard InChI is InChI=1S/C8H13N3O/c1-6-10-8(12-11-6)7-3-2-4-9-5-7/h7,9H,2-5H2,1H3/p+1/t7-/m1/s1. The van der Waals surface area contributed by atoms with Crippen molar-refractivity contribution in [2.75, 3.05) is 13.1 Å². The average Bonchev–Trinajstić information content (AvgIpc) is 2.54. The molecule has 1 aliphatic rings. The number of hydrogen-bond acceptors (Lipinski definition) is 3. The Kier molecular flexibility index (Phi) is 2.08. The predicted molar refractivity (Wildman–Crippen MR) is 42.7 cm³/mol. The minimum atomic E-state index is 0.486. The molecule has 1 atom stereocenters. The van der Waals surface area contributed by atoms with Gasteiger partial charge in [0.25, 0.3) is 0 Å².